The molecule has 6 nitrogen and oxygen atoms in total. The molecule has 1 fully saturated rings. The van der Waals surface area contributed by atoms with E-state index in [4.69, 9.17) is 17.0 Å². The van der Waals surface area contributed by atoms with Crippen LogP contribution < -0.4 is 15.4 Å². The van der Waals surface area contributed by atoms with E-state index in [0.29, 0.717) is 29.3 Å². The number of rotatable bonds is 7. The summed E-state index contributed by atoms with van der Waals surface area (Å²) in [6.07, 6.45) is 5.62. The zero-order valence-corrected chi connectivity index (χ0v) is 20.4. The third kappa shape index (κ3) is 7.02. The minimum atomic E-state index is -0.328. The molecule has 2 aromatic rings. The molecule has 1 saturated carbocycles. The summed E-state index contributed by atoms with van der Waals surface area (Å²) in [6, 6.07) is 14.4. The number of hydrogen-bond acceptors (Lipinski definition) is 4. The maximum atomic E-state index is 13.2. The van der Waals surface area contributed by atoms with E-state index in [0.717, 1.165) is 31.4 Å². The van der Waals surface area contributed by atoms with Crippen molar-refractivity contribution in [2.24, 2.45) is 5.92 Å². The number of amides is 2. The smallest absolute Gasteiger partial charge is 0.257 e. The normalized spacial score (nSPS) is 13.9. The van der Waals surface area contributed by atoms with Crippen LogP contribution >= 0.6 is 12.2 Å². The molecule has 0 atom stereocenters. The molecule has 0 saturated heterocycles. The zero-order valence-electron chi connectivity index (χ0n) is 19.6. The molecule has 2 aromatic carbocycles. The molecule has 0 unspecified atom stereocenters. The van der Waals surface area contributed by atoms with Gasteiger partial charge in [0.05, 0.1) is 17.9 Å². The number of para-hydroxylation sites is 1. The van der Waals surface area contributed by atoms with Gasteiger partial charge >= 0.3 is 0 Å². The van der Waals surface area contributed by atoms with Crippen LogP contribution in [0.4, 0.5) is 5.69 Å². The highest BCUT2D eigenvalue weighted by Crippen LogP contribution is 2.25. The summed E-state index contributed by atoms with van der Waals surface area (Å²) < 4.78 is 5.66. The molecule has 1 aliphatic carbocycles. The van der Waals surface area contributed by atoms with E-state index >= 15 is 0 Å². The van der Waals surface area contributed by atoms with Crippen molar-refractivity contribution >= 4 is 34.8 Å². The van der Waals surface area contributed by atoms with Crippen LogP contribution in [0.25, 0.3) is 0 Å². The van der Waals surface area contributed by atoms with Gasteiger partial charge in [-0.05, 0) is 67.4 Å². The van der Waals surface area contributed by atoms with E-state index < -0.39 is 0 Å². The molecule has 7 heteroatoms. The average molecular weight is 468 g/mol. The first kappa shape index (κ1) is 24.7. The highest BCUT2D eigenvalue weighted by Gasteiger charge is 2.24. The molecular formula is C26H33N3O3S. The van der Waals surface area contributed by atoms with Gasteiger partial charge < -0.3 is 15.0 Å². The van der Waals surface area contributed by atoms with Crippen molar-refractivity contribution in [2.45, 2.75) is 52.0 Å². The zero-order chi connectivity index (χ0) is 23.8. The Bertz CT molecular complexity index is 969. The summed E-state index contributed by atoms with van der Waals surface area (Å²) in [5.74, 6) is 0.770. The van der Waals surface area contributed by atoms with Crippen molar-refractivity contribution < 1.29 is 14.3 Å². The first-order chi connectivity index (χ1) is 15.8. The van der Waals surface area contributed by atoms with Crippen molar-refractivity contribution in [1.82, 2.24) is 10.2 Å². The van der Waals surface area contributed by atoms with Crippen molar-refractivity contribution in [3.05, 3.63) is 59.7 Å². The highest BCUT2D eigenvalue weighted by molar-refractivity contribution is 7.80. The third-order valence-corrected chi connectivity index (χ3v) is 5.98. The fourth-order valence-electron chi connectivity index (χ4n) is 3.90. The summed E-state index contributed by atoms with van der Waals surface area (Å²) in [4.78, 5) is 27.6. The van der Waals surface area contributed by atoms with Crippen molar-refractivity contribution in [3.8, 4) is 5.75 Å². The lowest BCUT2D eigenvalue weighted by atomic mass is 9.94. The number of anilines is 1. The van der Waals surface area contributed by atoms with Gasteiger partial charge in [0.2, 0.25) is 0 Å². The molecule has 0 bridgehead atoms. The van der Waals surface area contributed by atoms with Crippen LogP contribution in [-0.2, 0) is 0 Å². The molecule has 1 aliphatic rings. The number of ether oxygens (including phenoxy) is 1. The molecule has 2 amide bonds. The maximum Gasteiger partial charge on any atom is 0.257 e. The lowest BCUT2D eigenvalue weighted by molar-refractivity contribution is 0.0697. The molecular weight excluding hydrogens is 434 g/mol. The predicted octanol–water partition coefficient (Wildman–Crippen LogP) is 5.25. The Morgan fingerprint density at radius 3 is 2.39 bits per heavy atom. The second-order valence-corrected chi connectivity index (χ2v) is 9.30. The molecule has 176 valence electrons. The summed E-state index contributed by atoms with van der Waals surface area (Å²) in [7, 11) is 1.86. The lowest BCUT2D eigenvalue weighted by Crippen LogP contribution is -2.39. The summed E-state index contributed by atoms with van der Waals surface area (Å²) in [6.45, 7) is 4.78. The topological polar surface area (TPSA) is 70.7 Å². The molecule has 0 aromatic heterocycles. The Labute approximate surface area is 201 Å². The van der Waals surface area contributed by atoms with Gasteiger partial charge in [-0.1, -0.05) is 45.2 Å². The molecule has 3 rings (SSSR count). The van der Waals surface area contributed by atoms with Gasteiger partial charge in [0.15, 0.2) is 5.11 Å². The maximum absolute atomic E-state index is 13.2. The van der Waals surface area contributed by atoms with Crippen LogP contribution in [-0.4, -0.2) is 41.5 Å². The van der Waals surface area contributed by atoms with Gasteiger partial charge in [-0.15, -0.1) is 0 Å². The molecule has 0 radical (unpaired) electrons. The van der Waals surface area contributed by atoms with E-state index in [2.05, 4.69) is 24.5 Å². The van der Waals surface area contributed by atoms with E-state index in [1.54, 1.807) is 36.4 Å². The molecule has 0 aliphatic heterocycles. The second kappa shape index (κ2) is 11.8. The lowest BCUT2D eigenvalue weighted by Gasteiger charge is -2.31. The summed E-state index contributed by atoms with van der Waals surface area (Å²) in [5.41, 5.74) is 1.58. The van der Waals surface area contributed by atoms with Crippen molar-refractivity contribution in [1.29, 1.82) is 0 Å². The Balaban J connectivity index is 1.61. The first-order valence-electron chi connectivity index (χ1n) is 11.6. The molecule has 33 heavy (non-hydrogen) atoms. The van der Waals surface area contributed by atoms with E-state index in [1.165, 1.54) is 6.42 Å². The van der Waals surface area contributed by atoms with Gasteiger partial charge in [-0.2, -0.15) is 0 Å². The van der Waals surface area contributed by atoms with Gasteiger partial charge in [-0.3, -0.25) is 14.9 Å². The number of thiocarbonyl (C=S) groups is 1. The van der Waals surface area contributed by atoms with E-state index in [9.17, 15) is 9.59 Å². The highest BCUT2D eigenvalue weighted by atomic mass is 32.1. The van der Waals surface area contributed by atoms with Crippen molar-refractivity contribution in [3.63, 3.8) is 0 Å². The standard InChI is InChI=1S/C26H33N3O3S/c1-18(2)17-32-21-15-13-19(14-16-21)24(30)28-26(33)27-23-12-8-7-11-22(23)25(31)29(3)20-9-5-4-6-10-20/h7-8,11-16,18,20H,4-6,9-10,17H2,1-3H3,(H2,27,28,30,33). The third-order valence-electron chi connectivity index (χ3n) is 5.78. The first-order valence-corrected chi connectivity index (χ1v) is 12.0. The Morgan fingerprint density at radius 2 is 1.73 bits per heavy atom. The molecule has 0 spiro atoms. The predicted molar refractivity (Wildman–Crippen MR) is 136 cm³/mol. The fraction of sp³-hybridized carbons (Fsp3) is 0.423. The van der Waals surface area contributed by atoms with Gasteiger partial charge in [0.1, 0.15) is 5.75 Å². The van der Waals surface area contributed by atoms with Crippen LogP contribution in [0.2, 0.25) is 0 Å². The SMILES string of the molecule is CC(C)COc1ccc(C(=O)NC(=S)Nc2ccccc2C(=O)N(C)C2CCCCC2)cc1. The Kier molecular flexibility index (Phi) is 8.83. The van der Waals surface area contributed by atoms with Crippen LogP contribution in [0, 0.1) is 5.92 Å². The number of carbonyl (C=O) groups is 2. The summed E-state index contributed by atoms with van der Waals surface area (Å²) >= 11 is 5.35. The quantitative estimate of drug-likeness (QED) is 0.544. The van der Waals surface area contributed by atoms with Crippen LogP contribution in [0.5, 0.6) is 5.75 Å². The van der Waals surface area contributed by atoms with Crippen molar-refractivity contribution in [2.75, 3.05) is 19.0 Å². The number of benzene rings is 2. The Morgan fingerprint density at radius 1 is 1.06 bits per heavy atom. The fourth-order valence-corrected chi connectivity index (χ4v) is 4.10. The minimum absolute atomic E-state index is 0.0453. The van der Waals surface area contributed by atoms with Gasteiger partial charge in [-0.25, -0.2) is 0 Å². The minimum Gasteiger partial charge on any atom is -0.493 e. The number of carbonyl (C=O) groups excluding carboxylic acids is 2. The number of nitrogens with one attached hydrogen (secondary N) is 2. The van der Waals surface area contributed by atoms with Crippen LogP contribution in [0.1, 0.15) is 66.7 Å². The Hall–Kier alpha value is -2.93. The largest absolute Gasteiger partial charge is 0.493 e. The van der Waals surface area contributed by atoms with Crippen LogP contribution in [0.15, 0.2) is 48.5 Å². The number of hydrogen-bond donors (Lipinski definition) is 2. The van der Waals surface area contributed by atoms with Gasteiger partial charge in [0.25, 0.3) is 11.8 Å². The van der Waals surface area contributed by atoms with E-state index in [1.807, 2.05) is 24.1 Å². The monoisotopic (exact) mass is 467 g/mol. The number of nitrogens with zero attached hydrogens (tertiary/aromatic N) is 1. The average Bonchev–Trinajstić information content (AvgIpc) is 2.83. The van der Waals surface area contributed by atoms with Gasteiger partial charge in [0, 0.05) is 18.7 Å². The van der Waals surface area contributed by atoms with E-state index in [-0.39, 0.29) is 23.0 Å². The molecule has 2 N–H and O–H groups in total. The second-order valence-electron chi connectivity index (χ2n) is 8.89. The van der Waals surface area contributed by atoms with Crippen LogP contribution in [0.3, 0.4) is 0 Å². The molecule has 0 heterocycles. The summed E-state index contributed by atoms with van der Waals surface area (Å²) in [5, 5.41) is 5.85.